The minimum absolute atomic E-state index is 0.104. The fourth-order valence-electron chi connectivity index (χ4n) is 3.82. The van der Waals surface area contributed by atoms with Crippen LogP contribution < -0.4 is 4.74 Å². The number of carbonyl (C=O) groups is 1. The van der Waals surface area contributed by atoms with Gasteiger partial charge in [0.15, 0.2) is 5.75 Å². The Morgan fingerprint density at radius 2 is 1.71 bits per heavy atom. The molecule has 0 bridgehead atoms. The molecular weight excluding hydrogens is 456 g/mol. The molecule has 6 nitrogen and oxygen atoms in total. The molecule has 178 valence electrons. The Labute approximate surface area is 199 Å². The quantitative estimate of drug-likeness (QED) is 0.308. The number of rotatable bonds is 8. The molecule has 0 fully saturated rings. The molecule has 3 unspecified atom stereocenters. The van der Waals surface area contributed by atoms with Crippen molar-refractivity contribution in [1.82, 2.24) is 4.98 Å². The Hall–Kier alpha value is -2.99. The zero-order chi connectivity index (χ0) is 25.0. The molecule has 3 atom stereocenters. The van der Waals surface area contributed by atoms with Gasteiger partial charge >= 0.3 is 19.2 Å². The van der Waals surface area contributed by atoms with Crippen molar-refractivity contribution in [3.8, 4) is 28.1 Å². The molecule has 0 saturated heterocycles. The van der Waals surface area contributed by atoms with Gasteiger partial charge in [-0.25, -0.2) is 14.2 Å². The average molecular weight is 484 g/mol. The molecule has 0 aliphatic heterocycles. The highest BCUT2D eigenvalue weighted by Crippen LogP contribution is 2.45. The van der Waals surface area contributed by atoms with Crippen molar-refractivity contribution in [2.45, 2.75) is 51.3 Å². The number of hydrogen-bond acceptors (Lipinski definition) is 5. The third-order valence-electron chi connectivity index (χ3n) is 5.89. The minimum atomic E-state index is -3.10. The Kier molecular flexibility index (Phi) is 7.93. The highest BCUT2D eigenvalue weighted by Gasteiger charge is 2.61. The summed E-state index contributed by atoms with van der Waals surface area (Å²) < 4.78 is 31.7. The Bertz CT molecular complexity index is 1180. The second-order valence-corrected chi connectivity index (χ2v) is 9.76. The summed E-state index contributed by atoms with van der Waals surface area (Å²) >= 11 is 0. The van der Waals surface area contributed by atoms with Gasteiger partial charge in [-0.2, -0.15) is 4.89 Å². The van der Waals surface area contributed by atoms with Gasteiger partial charge in [-0.3, -0.25) is 0 Å². The molecule has 0 aliphatic carbocycles. The van der Waals surface area contributed by atoms with Crippen LogP contribution in [0.4, 0.5) is 4.39 Å². The minimum Gasteiger partial charge on any atom is -0.420 e. The van der Waals surface area contributed by atoms with Crippen molar-refractivity contribution in [1.29, 1.82) is 0 Å². The van der Waals surface area contributed by atoms with E-state index in [1.54, 1.807) is 25.1 Å². The van der Waals surface area contributed by atoms with E-state index in [2.05, 4.69) is 0 Å². The molecule has 0 aliphatic rings. The zero-order valence-electron chi connectivity index (χ0n) is 19.5. The molecule has 2 aromatic carbocycles. The summed E-state index contributed by atoms with van der Waals surface area (Å²) in [6.45, 7) is 6.60. The number of benzene rings is 2. The monoisotopic (exact) mass is 484 g/mol. The number of halogens is 1. The van der Waals surface area contributed by atoms with E-state index >= 15 is 0 Å². The van der Waals surface area contributed by atoms with Crippen LogP contribution in [0, 0.1) is 5.82 Å². The summed E-state index contributed by atoms with van der Waals surface area (Å²) in [7, 11) is -3.10. The first-order valence-electron chi connectivity index (χ1n) is 11.0. The maximum absolute atomic E-state index is 13.7. The van der Waals surface area contributed by atoms with Crippen molar-refractivity contribution >= 4 is 14.0 Å². The maximum atomic E-state index is 13.7. The van der Waals surface area contributed by atoms with Crippen molar-refractivity contribution in [2.75, 3.05) is 0 Å². The van der Waals surface area contributed by atoms with Gasteiger partial charge in [0.1, 0.15) is 11.9 Å². The Morgan fingerprint density at radius 3 is 2.21 bits per heavy atom. The number of esters is 1. The van der Waals surface area contributed by atoms with Gasteiger partial charge < -0.3 is 9.84 Å². The van der Waals surface area contributed by atoms with Crippen LogP contribution in [0.15, 0.2) is 60.7 Å². The number of carbonyl (C=O) groups excluding carboxylic acids is 1. The first-order chi connectivity index (χ1) is 16.1. The second kappa shape index (κ2) is 10.5. The fourth-order valence-corrected chi connectivity index (χ4v) is 4.61. The van der Waals surface area contributed by atoms with Gasteiger partial charge in [-0.1, -0.05) is 63.2 Å². The topological polar surface area (TPSA) is 96.7 Å². The normalized spacial score (nSPS) is 14.4. The summed E-state index contributed by atoms with van der Waals surface area (Å²) in [5.74, 6) is -1.51. The maximum Gasteiger partial charge on any atom is 0.526 e. The molecule has 0 saturated carbocycles. The van der Waals surface area contributed by atoms with E-state index in [0.717, 1.165) is 5.56 Å². The van der Waals surface area contributed by atoms with Crippen LogP contribution >= 0.6 is 8.03 Å². The van der Waals surface area contributed by atoms with E-state index in [9.17, 15) is 23.7 Å². The summed E-state index contributed by atoms with van der Waals surface area (Å²) in [5.41, 5.74) is 3.00. The first-order valence-corrected chi connectivity index (χ1v) is 12.3. The van der Waals surface area contributed by atoms with Crippen LogP contribution in [-0.2, 0) is 9.36 Å². The van der Waals surface area contributed by atoms with E-state index in [1.165, 1.54) is 19.1 Å². The zero-order valence-corrected chi connectivity index (χ0v) is 20.4. The van der Waals surface area contributed by atoms with Crippen molar-refractivity contribution in [3.05, 3.63) is 72.2 Å². The number of ether oxygens (including phenoxy) is 1. The van der Waals surface area contributed by atoms with E-state index in [0.29, 0.717) is 22.5 Å². The molecule has 0 amide bonds. The lowest BCUT2D eigenvalue weighted by molar-refractivity contribution is -0.140. The number of aliphatic hydroxyl groups is 1. The predicted octanol–water partition coefficient (Wildman–Crippen LogP) is 5.85. The predicted molar refractivity (Wildman–Crippen MR) is 129 cm³/mol. The lowest BCUT2D eigenvalue weighted by atomic mass is 9.96. The van der Waals surface area contributed by atoms with Crippen LogP contribution in [0.2, 0.25) is 0 Å². The van der Waals surface area contributed by atoms with Gasteiger partial charge in [-0.05, 0) is 41.2 Å². The smallest absolute Gasteiger partial charge is 0.420 e. The number of aromatic nitrogens is 1. The molecule has 34 heavy (non-hydrogen) atoms. The lowest BCUT2D eigenvalue weighted by Crippen LogP contribution is -2.47. The summed E-state index contributed by atoms with van der Waals surface area (Å²) in [5, 5.41) is 8.27. The summed E-state index contributed by atoms with van der Waals surface area (Å²) in [4.78, 5) is 28.0. The van der Waals surface area contributed by atoms with E-state index < -0.39 is 31.1 Å². The second-order valence-electron chi connectivity index (χ2n) is 8.41. The number of hydrogen-bond donors (Lipinski definition) is 2. The SMILES string of the molecule is CCC(C(=O)Oc1c(-c2ccc(F)cc2)cc(-c2ccccc2)nc1C(C)C)(C(C)O)[P+](=O)O. The highest BCUT2D eigenvalue weighted by molar-refractivity contribution is 7.41. The Balaban J connectivity index is 2.27. The van der Waals surface area contributed by atoms with Gasteiger partial charge in [0.25, 0.3) is 0 Å². The molecule has 2 N–H and O–H groups in total. The molecule has 3 rings (SSSR count). The van der Waals surface area contributed by atoms with Crippen LogP contribution in [-0.4, -0.2) is 32.2 Å². The molecule has 1 aromatic heterocycles. The lowest BCUT2D eigenvalue weighted by Gasteiger charge is -2.24. The largest absolute Gasteiger partial charge is 0.526 e. The number of pyridine rings is 1. The Morgan fingerprint density at radius 1 is 1.09 bits per heavy atom. The third kappa shape index (κ3) is 4.92. The van der Waals surface area contributed by atoms with E-state index in [4.69, 9.17) is 9.72 Å². The van der Waals surface area contributed by atoms with Gasteiger partial charge in [-0.15, -0.1) is 0 Å². The van der Waals surface area contributed by atoms with E-state index in [-0.39, 0.29) is 18.1 Å². The summed E-state index contributed by atoms with van der Waals surface area (Å²) in [6.07, 6.45) is -1.53. The van der Waals surface area contributed by atoms with Crippen molar-refractivity contribution < 1.29 is 28.5 Å². The van der Waals surface area contributed by atoms with Gasteiger partial charge in [0.05, 0.1) is 11.4 Å². The average Bonchev–Trinajstić information content (AvgIpc) is 2.80. The van der Waals surface area contributed by atoms with Crippen LogP contribution in [0.5, 0.6) is 5.75 Å². The van der Waals surface area contributed by atoms with E-state index in [1.807, 2.05) is 44.2 Å². The third-order valence-corrected chi connectivity index (χ3v) is 7.45. The molecule has 0 spiro atoms. The number of aliphatic hydroxyl groups excluding tert-OH is 1. The standard InChI is InChI=1S/C26H27FNO5P/c1-5-26(17(4)29,34(31)32)25(30)33-24-21(18-11-13-20(27)14-12-18)15-22(28-23(24)16(2)3)19-9-7-6-8-10-19/h6-17,29H,5H2,1-4H3/p+1. The van der Waals surface area contributed by atoms with Gasteiger partial charge in [0, 0.05) is 17.5 Å². The fraction of sp³-hybridized carbons (Fsp3) is 0.308. The molecule has 3 aromatic rings. The molecule has 8 heteroatoms. The van der Waals surface area contributed by atoms with Crippen molar-refractivity contribution in [3.63, 3.8) is 0 Å². The van der Waals surface area contributed by atoms with Crippen LogP contribution in [0.3, 0.4) is 0 Å². The molecule has 1 heterocycles. The summed E-state index contributed by atoms with van der Waals surface area (Å²) in [6, 6.07) is 16.9. The van der Waals surface area contributed by atoms with Crippen molar-refractivity contribution in [2.24, 2.45) is 0 Å². The van der Waals surface area contributed by atoms with Crippen LogP contribution in [0.1, 0.15) is 45.7 Å². The van der Waals surface area contributed by atoms with Crippen LogP contribution in [0.25, 0.3) is 22.4 Å². The number of nitrogens with zero attached hydrogens (tertiary/aromatic N) is 1. The molecular formula is C26H28FNO5P+. The molecule has 0 radical (unpaired) electrons. The first kappa shape index (κ1) is 25.6. The van der Waals surface area contributed by atoms with Gasteiger partial charge in [0.2, 0.25) is 0 Å². The highest BCUT2D eigenvalue weighted by atomic mass is 31.1.